The molecule has 0 aliphatic carbocycles. The van der Waals surface area contributed by atoms with Crippen LogP contribution in [-0.4, -0.2) is 17.0 Å². The highest BCUT2D eigenvalue weighted by Crippen LogP contribution is 2.18. The summed E-state index contributed by atoms with van der Waals surface area (Å²) in [7, 11) is 0. The van der Waals surface area contributed by atoms with Crippen molar-refractivity contribution in [1.82, 2.24) is 0 Å². The number of ketones is 1. The van der Waals surface area contributed by atoms with Crippen molar-refractivity contribution in [3.63, 3.8) is 0 Å². The first-order chi connectivity index (χ1) is 6.54. The normalized spacial score (nSPS) is 12.9. The summed E-state index contributed by atoms with van der Waals surface area (Å²) in [6.07, 6.45) is -0.977. The molecule has 1 N–H and O–H groups in total. The Bertz CT molecular complexity index is 334. The van der Waals surface area contributed by atoms with E-state index in [1.165, 1.54) is 0 Å². The minimum atomic E-state index is -0.977. The zero-order valence-corrected chi connectivity index (χ0v) is 8.95. The predicted octanol–water partition coefficient (Wildman–Crippen LogP) is 2.54. The number of benzene rings is 1. The molecule has 1 aromatic rings. The van der Waals surface area contributed by atoms with Crippen LogP contribution < -0.4 is 0 Å². The number of halogens is 1. The van der Waals surface area contributed by atoms with E-state index < -0.39 is 6.10 Å². The first kappa shape index (κ1) is 11.2. The maximum Gasteiger partial charge on any atom is 0.193 e. The van der Waals surface area contributed by atoms with Gasteiger partial charge in [-0.05, 0) is 18.1 Å². The summed E-state index contributed by atoms with van der Waals surface area (Å²) in [5.74, 6) is -0.413. The SMILES string of the molecule is CC(C)C(O)C(=O)c1ccccc1Cl. The molecular weight excluding hydrogens is 200 g/mol. The van der Waals surface area contributed by atoms with E-state index in [9.17, 15) is 9.90 Å². The van der Waals surface area contributed by atoms with Gasteiger partial charge in [-0.3, -0.25) is 4.79 Å². The third-order valence-corrected chi connectivity index (χ3v) is 2.37. The van der Waals surface area contributed by atoms with Crippen LogP contribution in [0.3, 0.4) is 0 Å². The molecule has 0 bridgehead atoms. The van der Waals surface area contributed by atoms with Crippen LogP contribution in [0.2, 0.25) is 5.02 Å². The van der Waals surface area contributed by atoms with Gasteiger partial charge < -0.3 is 5.11 Å². The molecule has 76 valence electrons. The fourth-order valence-electron chi connectivity index (χ4n) is 1.12. The van der Waals surface area contributed by atoms with Gasteiger partial charge in [0.15, 0.2) is 5.78 Å². The van der Waals surface area contributed by atoms with E-state index in [0.29, 0.717) is 10.6 Å². The van der Waals surface area contributed by atoms with Crippen LogP contribution in [0.4, 0.5) is 0 Å². The molecule has 1 atom stereocenters. The van der Waals surface area contributed by atoms with Gasteiger partial charge in [0.05, 0.1) is 5.02 Å². The largest absolute Gasteiger partial charge is 0.385 e. The van der Waals surface area contributed by atoms with Crippen LogP contribution in [0, 0.1) is 5.92 Å². The summed E-state index contributed by atoms with van der Waals surface area (Å²) < 4.78 is 0. The first-order valence-corrected chi connectivity index (χ1v) is 4.88. The lowest BCUT2D eigenvalue weighted by molar-refractivity contribution is 0.0648. The molecule has 0 aliphatic rings. The van der Waals surface area contributed by atoms with Crippen LogP contribution in [0.5, 0.6) is 0 Å². The second kappa shape index (κ2) is 4.58. The van der Waals surface area contributed by atoms with Crippen molar-refractivity contribution >= 4 is 17.4 Å². The third kappa shape index (κ3) is 2.34. The number of carbonyl (C=O) groups excluding carboxylic acids is 1. The Balaban J connectivity index is 2.95. The molecule has 0 radical (unpaired) electrons. The van der Waals surface area contributed by atoms with Crippen molar-refractivity contribution in [3.8, 4) is 0 Å². The quantitative estimate of drug-likeness (QED) is 0.782. The Labute approximate surface area is 88.5 Å². The standard InChI is InChI=1S/C11H13ClO2/c1-7(2)10(13)11(14)8-5-3-4-6-9(8)12/h3-7,10,13H,1-2H3. The second-order valence-electron chi connectivity index (χ2n) is 3.53. The molecule has 0 spiro atoms. The van der Waals surface area contributed by atoms with E-state index in [2.05, 4.69) is 0 Å². The molecule has 2 nitrogen and oxygen atoms in total. The topological polar surface area (TPSA) is 37.3 Å². The highest BCUT2D eigenvalue weighted by atomic mass is 35.5. The number of rotatable bonds is 3. The maximum absolute atomic E-state index is 11.7. The van der Waals surface area contributed by atoms with E-state index in [1.54, 1.807) is 38.1 Å². The van der Waals surface area contributed by atoms with Crippen LogP contribution in [0.1, 0.15) is 24.2 Å². The van der Waals surface area contributed by atoms with Gasteiger partial charge in [0, 0.05) is 5.56 Å². The lowest BCUT2D eigenvalue weighted by atomic mass is 9.98. The van der Waals surface area contributed by atoms with Crippen LogP contribution >= 0.6 is 11.6 Å². The number of aliphatic hydroxyl groups is 1. The smallest absolute Gasteiger partial charge is 0.193 e. The van der Waals surface area contributed by atoms with Gasteiger partial charge in [-0.1, -0.05) is 37.6 Å². The highest BCUT2D eigenvalue weighted by molar-refractivity contribution is 6.34. The molecule has 14 heavy (non-hydrogen) atoms. The van der Waals surface area contributed by atoms with E-state index in [1.807, 2.05) is 0 Å². The molecule has 1 aromatic carbocycles. The third-order valence-electron chi connectivity index (χ3n) is 2.04. The summed E-state index contributed by atoms with van der Waals surface area (Å²) in [4.78, 5) is 11.7. The summed E-state index contributed by atoms with van der Waals surface area (Å²) in [6, 6.07) is 6.74. The Morgan fingerprint density at radius 2 is 1.93 bits per heavy atom. The van der Waals surface area contributed by atoms with Crippen molar-refractivity contribution in [3.05, 3.63) is 34.9 Å². The number of aliphatic hydroxyl groups excluding tert-OH is 1. The zero-order chi connectivity index (χ0) is 10.7. The lowest BCUT2D eigenvalue weighted by Crippen LogP contribution is -2.26. The Morgan fingerprint density at radius 1 is 1.36 bits per heavy atom. The summed E-state index contributed by atoms with van der Waals surface area (Å²) >= 11 is 5.84. The van der Waals surface area contributed by atoms with Crippen molar-refractivity contribution in [2.75, 3.05) is 0 Å². The van der Waals surface area contributed by atoms with E-state index >= 15 is 0 Å². The van der Waals surface area contributed by atoms with Gasteiger partial charge in [-0.25, -0.2) is 0 Å². The lowest BCUT2D eigenvalue weighted by Gasteiger charge is -2.13. The van der Waals surface area contributed by atoms with Crippen molar-refractivity contribution < 1.29 is 9.90 Å². The molecule has 0 saturated heterocycles. The van der Waals surface area contributed by atoms with Gasteiger partial charge in [-0.2, -0.15) is 0 Å². The van der Waals surface area contributed by atoms with Crippen molar-refractivity contribution in [2.45, 2.75) is 20.0 Å². The highest BCUT2D eigenvalue weighted by Gasteiger charge is 2.21. The molecule has 1 rings (SSSR count). The molecule has 0 saturated carbocycles. The molecule has 0 heterocycles. The Morgan fingerprint density at radius 3 is 2.43 bits per heavy atom. The Kier molecular flexibility index (Phi) is 3.67. The number of Topliss-reactive ketones (excluding diaryl/α,β-unsaturated/α-hetero) is 1. The second-order valence-corrected chi connectivity index (χ2v) is 3.94. The fourth-order valence-corrected chi connectivity index (χ4v) is 1.35. The van der Waals surface area contributed by atoms with Crippen LogP contribution in [0.15, 0.2) is 24.3 Å². The molecule has 0 fully saturated rings. The molecule has 1 unspecified atom stereocenters. The molecular formula is C11H13ClO2. The van der Waals surface area contributed by atoms with E-state index in [0.717, 1.165) is 0 Å². The average molecular weight is 213 g/mol. The van der Waals surface area contributed by atoms with E-state index in [4.69, 9.17) is 11.6 Å². The molecule has 0 aromatic heterocycles. The van der Waals surface area contributed by atoms with Crippen LogP contribution in [-0.2, 0) is 0 Å². The predicted molar refractivity (Wildman–Crippen MR) is 56.6 cm³/mol. The first-order valence-electron chi connectivity index (χ1n) is 4.51. The number of hydrogen-bond donors (Lipinski definition) is 1. The average Bonchev–Trinajstić information content (AvgIpc) is 2.16. The minimum Gasteiger partial charge on any atom is -0.385 e. The number of carbonyl (C=O) groups is 1. The zero-order valence-electron chi connectivity index (χ0n) is 8.20. The van der Waals surface area contributed by atoms with Crippen LogP contribution in [0.25, 0.3) is 0 Å². The fraction of sp³-hybridized carbons (Fsp3) is 0.364. The monoisotopic (exact) mass is 212 g/mol. The van der Waals surface area contributed by atoms with Crippen molar-refractivity contribution in [2.24, 2.45) is 5.92 Å². The molecule has 0 aliphatic heterocycles. The van der Waals surface area contributed by atoms with Gasteiger partial charge in [0.2, 0.25) is 0 Å². The van der Waals surface area contributed by atoms with Gasteiger partial charge in [0.25, 0.3) is 0 Å². The maximum atomic E-state index is 11.7. The van der Waals surface area contributed by atoms with Crippen molar-refractivity contribution in [1.29, 1.82) is 0 Å². The molecule has 3 heteroatoms. The van der Waals surface area contributed by atoms with Gasteiger partial charge in [0.1, 0.15) is 6.10 Å². The summed E-state index contributed by atoms with van der Waals surface area (Å²) in [5.41, 5.74) is 0.385. The summed E-state index contributed by atoms with van der Waals surface area (Å²) in [5, 5.41) is 9.95. The summed E-state index contributed by atoms with van der Waals surface area (Å²) in [6.45, 7) is 3.58. The Hall–Kier alpha value is -0.860. The minimum absolute atomic E-state index is 0.0984. The molecule has 0 amide bonds. The number of hydrogen-bond acceptors (Lipinski definition) is 2. The van der Waals surface area contributed by atoms with Gasteiger partial charge >= 0.3 is 0 Å². The van der Waals surface area contributed by atoms with E-state index in [-0.39, 0.29) is 11.7 Å². The van der Waals surface area contributed by atoms with Gasteiger partial charge in [-0.15, -0.1) is 0 Å².